The molecule has 1 amide bonds. The number of carbonyl (C=O) groups excluding carboxylic acids is 1. The largest absolute Gasteiger partial charge is 0.315 e. The number of hydrogen-bond acceptors (Lipinski definition) is 4. The molecule has 0 radical (unpaired) electrons. The molecule has 0 saturated heterocycles. The minimum absolute atomic E-state index is 0.227. The molecule has 126 valence electrons. The summed E-state index contributed by atoms with van der Waals surface area (Å²) >= 11 is 0. The van der Waals surface area contributed by atoms with Gasteiger partial charge in [0.05, 0.1) is 13.1 Å². The molecule has 0 atom stereocenters. The van der Waals surface area contributed by atoms with Gasteiger partial charge in [0.25, 0.3) is 0 Å². The molecule has 0 bridgehead atoms. The number of fused-ring (bicyclic) bond motifs is 1. The van der Waals surface area contributed by atoms with Crippen LogP contribution in [0.5, 0.6) is 0 Å². The van der Waals surface area contributed by atoms with Gasteiger partial charge in [-0.15, -0.1) is 10.2 Å². The lowest BCUT2D eigenvalue weighted by Gasteiger charge is -2.32. The van der Waals surface area contributed by atoms with Gasteiger partial charge in [0.2, 0.25) is 5.91 Å². The summed E-state index contributed by atoms with van der Waals surface area (Å²) in [6, 6.07) is 0. The van der Waals surface area contributed by atoms with Gasteiger partial charge in [-0.25, -0.2) is 0 Å². The van der Waals surface area contributed by atoms with Crippen molar-refractivity contribution in [1.82, 2.24) is 24.6 Å². The number of carbonyl (C=O) groups is 1. The van der Waals surface area contributed by atoms with E-state index in [1.807, 2.05) is 11.8 Å². The first kappa shape index (κ1) is 16.2. The van der Waals surface area contributed by atoms with Gasteiger partial charge in [0.15, 0.2) is 0 Å². The number of rotatable bonds is 5. The van der Waals surface area contributed by atoms with E-state index in [4.69, 9.17) is 0 Å². The Morgan fingerprint density at radius 2 is 2.17 bits per heavy atom. The average Bonchev–Trinajstić information content (AvgIpc) is 2.94. The maximum absolute atomic E-state index is 12.8. The summed E-state index contributed by atoms with van der Waals surface area (Å²) in [5.41, 5.74) is 1.24. The topological polar surface area (TPSA) is 54.3 Å². The number of nitrogens with zero attached hydrogens (tertiary/aromatic N) is 5. The Labute approximate surface area is 138 Å². The molecule has 6 nitrogen and oxygen atoms in total. The number of hydrogen-bond donors (Lipinski definition) is 0. The second-order valence-corrected chi connectivity index (χ2v) is 6.51. The second kappa shape index (κ2) is 7.25. The van der Waals surface area contributed by atoms with Crippen molar-refractivity contribution in [2.75, 3.05) is 19.6 Å². The Balaban J connectivity index is 1.64. The number of allylic oxidation sites excluding steroid dienone is 2. The van der Waals surface area contributed by atoms with Crippen molar-refractivity contribution in [3.8, 4) is 0 Å². The van der Waals surface area contributed by atoms with Crippen LogP contribution in [0.3, 0.4) is 0 Å². The molecule has 0 N–H and O–H groups in total. The van der Waals surface area contributed by atoms with Crippen LogP contribution in [-0.4, -0.2) is 50.1 Å². The smallest absolute Gasteiger partial charge is 0.240 e. The molecule has 0 spiro atoms. The van der Waals surface area contributed by atoms with Crippen LogP contribution in [0.1, 0.15) is 50.7 Å². The van der Waals surface area contributed by atoms with E-state index in [0.29, 0.717) is 13.1 Å². The highest BCUT2D eigenvalue weighted by Crippen LogP contribution is 2.22. The maximum Gasteiger partial charge on any atom is 0.240 e. The van der Waals surface area contributed by atoms with Gasteiger partial charge in [0, 0.05) is 25.3 Å². The van der Waals surface area contributed by atoms with Gasteiger partial charge in [-0.2, -0.15) is 0 Å². The summed E-state index contributed by atoms with van der Waals surface area (Å²) in [5, 5.41) is 8.35. The van der Waals surface area contributed by atoms with Gasteiger partial charge in [-0.05, 0) is 39.0 Å². The molecule has 6 heteroatoms. The van der Waals surface area contributed by atoms with E-state index in [9.17, 15) is 4.79 Å². The zero-order chi connectivity index (χ0) is 16.2. The Morgan fingerprint density at radius 3 is 2.91 bits per heavy atom. The summed E-state index contributed by atoms with van der Waals surface area (Å²) in [6.07, 6.45) is 7.85. The molecular formula is C17H27N5O. The average molecular weight is 317 g/mol. The van der Waals surface area contributed by atoms with E-state index in [1.54, 1.807) is 0 Å². The molecule has 2 aliphatic rings. The van der Waals surface area contributed by atoms with Gasteiger partial charge in [0.1, 0.15) is 11.6 Å². The first-order valence-electron chi connectivity index (χ1n) is 8.79. The summed E-state index contributed by atoms with van der Waals surface area (Å²) in [6.45, 7) is 7.89. The fourth-order valence-corrected chi connectivity index (χ4v) is 3.48. The lowest BCUT2D eigenvalue weighted by molar-refractivity contribution is -0.131. The van der Waals surface area contributed by atoms with Crippen LogP contribution >= 0.6 is 0 Å². The third-order valence-electron chi connectivity index (χ3n) is 4.74. The first-order valence-corrected chi connectivity index (χ1v) is 8.79. The fraction of sp³-hybridized carbons (Fsp3) is 0.706. The predicted octanol–water partition coefficient (Wildman–Crippen LogP) is 2.10. The lowest BCUT2D eigenvalue weighted by atomic mass is 10.0. The van der Waals surface area contributed by atoms with Crippen LogP contribution in [0.25, 0.3) is 0 Å². The number of aryl methyl sites for hydroxylation is 1. The molecule has 1 aliphatic carbocycles. The minimum Gasteiger partial charge on any atom is -0.315 e. The Hall–Kier alpha value is -1.69. The third kappa shape index (κ3) is 3.63. The predicted molar refractivity (Wildman–Crippen MR) is 88.6 cm³/mol. The van der Waals surface area contributed by atoms with Crippen LogP contribution in [0, 0.1) is 6.92 Å². The molecule has 0 fully saturated rings. The highest BCUT2D eigenvalue weighted by Gasteiger charge is 2.25. The molecule has 3 rings (SSSR count). The highest BCUT2D eigenvalue weighted by molar-refractivity contribution is 5.80. The van der Waals surface area contributed by atoms with Crippen molar-refractivity contribution in [2.24, 2.45) is 0 Å². The van der Waals surface area contributed by atoms with Crippen molar-refractivity contribution in [3.05, 3.63) is 23.4 Å². The van der Waals surface area contributed by atoms with Gasteiger partial charge < -0.3 is 9.47 Å². The summed E-state index contributed by atoms with van der Waals surface area (Å²) in [4.78, 5) is 17.0. The zero-order valence-electron chi connectivity index (χ0n) is 14.3. The lowest BCUT2D eigenvalue weighted by Crippen LogP contribution is -2.43. The Kier molecular flexibility index (Phi) is 5.10. The number of aromatic nitrogens is 3. The molecule has 1 aliphatic heterocycles. The maximum atomic E-state index is 12.8. The molecule has 1 aromatic heterocycles. The third-order valence-corrected chi connectivity index (χ3v) is 4.74. The van der Waals surface area contributed by atoms with E-state index < -0.39 is 0 Å². The molecule has 23 heavy (non-hydrogen) atoms. The highest BCUT2D eigenvalue weighted by atomic mass is 16.2. The standard InChI is InChI=1S/C17H27N5O/c1-3-9-22(15-7-5-4-6-8-15)17(23)13-20-10-11-21-14(2)18-19-16(21)12-20/h7H,3-6,8-13H2,1-2H3. The molecular weight excluding hydrogens is 290 g/mol. The van der Waals surface area contributed by atoms with E-state index in [2.05, 4.69) is 32.7 Å². The van der Waals surface area contributed by atoms with Crippen molar-refractivity contribution in [1.29, 1.82) is 0 Å². The second-order valence-electron chi connectivity index (χ2n) is 6.51. The van der Waals surface area contributed by atoms with Crippen LogP contribution in [0.2, 0.25) is 0 Å². The normalized spacial score (nSPS) is 18.4. The summed E-state index contributed by atoms with van der Waals surface area (Å²) in [7, 11) is 0. The Morgan fingerprint density at radius 1 is 1.30 bits per heavy atom. The molecule has 0 unspecified atom stereocenters. The first-order chi connectivity index (χ1) is 11.2. The van der Waals surface area contributed by atoms with Crippen LogP contribution < -0.4 is 0 Å². The van der Waals surface area contributed by atoms with Crippen LogP contribution in [-0.2, 0) is 17.9 Å². The van der Waals surface area contributed by atoms with Crippen molar-refractivity contribution in [2.45, 2.75) is 59.0 Å². The fourth-order valence-electron chi connectivity index (χ4n) is 3.48. The minimum atomic E-state index is 0.227. The molecule has 0 saturated carbocycles. The van der Waals surface area contributed by atoms with Gasteiger partial charge in [-0.1, -0.05) is 13.0 Å². The van der Waals surface area contributed by atoms with Crippen molar-refractivity contribution < 1.29 is 4.79 Å². The van der Waals surface area contributed by atoms with E-state index in [1.165, 1.54) is 18.5 Å². The van der Waals surface area contributed by atoms with Crippen LogP contribution in [0.15, 0.2) is 11.8 Å². The number of amides is 1. The Bertz CT molecular complexity index is 592. The quantitative estimate of drug-likeness (QED) is 0.834. The summed E-state index contributed by atoms with van der Waals surface area (Å²) < 4.78 is 2.15. The van der Waals surface area contributed by atoms with E-state index in [0.717, 1.165) is 50.5 Å². The monoisotopic (exact) mass is 317 g/mol. The van der Waals surface area contributed by atoms with Gasteiger partial charge in [-0.3, -0.25) is 9.69 Å². The van der Waals surface area contributed by atoms with Gasteiger partial charge >= 0.3 is 0 Å². The molecule has 2 heterocycles. The van der Waals surface area contributed by atoms with Crippen LogP contribution in [0.4, 0.5) is 0 Å². The van der Waals surface area contributed by atoms with E-state index in [-0.39, 0.29) is 5.91 Å². The molecule has 1 aromatic rings. The SMILES string of the molecule is CCCN(C(=O)CN1CCn2c(C)nnc2C1)C1=CCCCC1. The van der Waals surface area contributed by atoms with Crippen molar-refractivity contribution in [3.63, 3.8) is 0 Å². The zero-order valence-corrected chi connectivity index (χ0v) is 14.3. The molecule has 0 aromatic carbocycles. The van der Waals surface area contributed by atoms with E-state index >= 15 is 0 Å². The van der Waals surface area contributed by atoms with Crippen molar-refractivity contribution >= 4 is 5.91 Å². The summed E-state index contributed by atoms with van der Waals surface area (Å²) in [5.74, 6) is 2.16.